The van der Waals surface area contributed by atoms with Gasteiger partial charge < -0.3 is 55.9 Å². The molecule has 0 saturated carbocycles. The Bertz CT molecular complexity index is 2030. The van der Waals surface area contributed by atoms with Crippen LogP contribution in [0.5, 0.6) is 11.5 Å². The third-order valence-electron chi connectivity index (χ3n) is 15.7. The molecule has 4 saturated heterocycles. The lowest BCUT2D eigenvalue weighted by molar-refractivity contribution is -0.144. The van der Waals surface area contributed by atoms with Crippen LogP contribution in [-0.2, 0) is 51.1 Å². The van der Waals surface area contributed by atoms with Crippen LogP contribution in [0.2, 0.25) is 0 Å². The molecule has 2 aromatic carbocycles. The second kappa shape index (κ2) is 23.2. The Kier molecular flexibility index (Phi) is 16.9. The summed E-state index contributed by atoms with van der Waals surface area (Å²) < 4.78 is 18.0. The first kappa shape index (κ1) is 50.3. The molecule has 0 unspecified atom stereocenters. The highest BCUT2D eigenvalue weighted by molar-refractivity contribution is 5.95. The van der Waals surface area contributed by atoms with Gasteiger partial charge in [0.15, 0.2) is 0 Å². The Hall–Kier alpha value is -5.10. The molecule has 2 aromatic rings. The molecule has 0 bridgehead atoms. The molecule has 17 nitrogen and oxygen atoms in total. The standard InChI is InChI=1S/C52H74N8O9/c1-31(53-3)47(61)57-45(33-21-27-67-28-22-33)51(65)59-25-9-17-41(59)49(63)55-39-15-5-13-37-35(39)11-7-19-43(37)69-44-20-8-12-36-38(44)14-6-16-40(36)56-50(64)42-18-10-26-60(42)52(66)46(34-23-29-68-30-24-34)58-48(62)32(2)54-4/h7-8,11-12,19-20,31-34,39-42,45-46,53-54H,5-6,9-10,13-18,21-30H2,1-4H3,(H,55,63)(H,56,64)(H,57,61)(H,58,62)/t31-,32-,39+,40+,41-,42-,45-,46-/m0/s1. The van der Waals surface area contributed by atoms with E-state index in [1.54, 1.807) is 37.7 Å². The van der Waals surface area contributed by atoms with E-state index in [0.29, 0.717) is 90.9 Å². The predicted molar refractivity (Wildman–Crippen MR) is 258 cm³/mol. The number of fused-ring (bicyclic) bond motifs is 2. The van der Waals surface area contributed by atoms with E-state index >= 15 is 0 Å². The highest BCUT2D eigenvalue weighted by atomic mass is 16.5. The van der Waals surface area contributed by atoms with Crippen molar-refractivity contribution in [2.45, 2.75) is 152 Å². The number of rotatable bonds is 16. The lowest BCUT2D eigenvalue weighted by Crippen LogP contribution is -2.58. The summed E-state index contributed by atoms with van der Waals surface area (Å²) in [5.74, 6) is -0.00555. The third kappa shape index (κ3) is 11.4. The van der Waals surface area contributed by atoms with Crippen molar-refractivity contribution in [3.05, 3.63) is 58.7 Å². The first-order valence-electron chi connectivity index (χ1n) is 25.7. The van der Waals surface area contributed by atoms with Crippen LogP contribution in [0.3, 0.4) is 0 Å². The number of likely N-dealkylation sites (N-methyl/N-ethyl adjacent to an activating group) is 2. The van der Waals surface area contributed by atoms with Crippen LogP contribution in [0.25, 0.3) is 0 Å². The second-order valence-electron chi connectivity index (χ2n) is 19.9. The molecule has 0 spiro atoms. The topological polar surface area (TPSA) is 209 Å². The SMILES string of the molecule is CN[C@@H](C)C(=O)N[C@H](C(=O)N1CCC[C@H]1C(=O)N[C@@H]1CCCc2c(Oc3cccc4c3CCC[C@H]4NC(=O)[C@@H]3CCCN3C(=O)[C@@H](NC(=O)[C@H](C)NC)C3CCOCC3)cccc21)C1CCOCC1. The van der Waals surface area contributed by atoms with E-state index in [4.69, 9.17) is 14.2 Å². The molecule has 6 amide bonds. The van der Waals surface area contributed by atoms with Gasteiger partial charge in [-0.15, -0.1) is 0 Å². The highest BCUT2D eigenvalue weighted by Gasteiger charge is 2.44. The van der Waals surface area contributed by atoms with E-state index in [9.17, 15) is 28.8 Å². The third-order valence-corrected chi connectivity index (χ3v) is 15.7. The van der Waals surface area contributed by atoms with Gasteiger partial charge in [0.25, 0.3) is 0 Å². The Morgan fingerprint density at radius 3 is 1.36 bits per heavy atom. The number of nitrogens with zero attached hydrogens (tertiary/aromatic N) is 2. The number of amides is 6. The van der Waals surface area contributed by atoms with Crippen LogP contribution in [0.4, 0.5) is 0 Å². The van der Waals surface area contributed by atoms with Crippen molar-refractivity contribution in [3.8, 4) is 11.5 Å². The van der Waals surface area contributed by atoms with Gasteiger partial charge in [0, 0.05) is 50.6 Å². The number of benzene rings is 2. The summed E-state index contributed by atoms with van der Waals surface area (Å²) in [5, 5.41) is 18.6. The zero-order chi connectivity index (χ0) is 48.6. The van der Waals surface area contributed by atoms with Crippen molar-refractivity contribution in [1.29, 1.82) is 0 Å². The Balaban J connectivity index is 0.939. The number of ether oxygens (including phenoxy) is 3. The average molecular weight is 955 g/mol. The van der Waals surface area contributed by atoms with Crippen molar-refractivity contribution in [2.24, 2.45) is 11.8 Å². The molecule has 4 fully saturated rings. The van der Waals surface area contributed by atoms with E-state index in [-0.39, 0.29) is 59.4 Å². The number of likely N-dealkylation sites (tertiary alicyclic amines) is 2. The Labute approximate surface area is 406 Å². The molecule has 69 heavy (non-hydrogen) atoms. The van der Waals surface area contributed by atoms with Crippen molar-refractivity contribution >= 4 is 35.4 Å². The highest BCUT2D eigenvalue weighted by Crippen LogP contribution is 2.42. The van der Waals surface area contributed by atoms with Crippen LogP contribution in [-0.4, -0.2) is 135 Å². The second-order valence-corrected chi connectivity index (χ2v) is 19.9. The minimum atomic E-state index is -0.737. The van der Waals surface area contributed by atoms with Gasteiger partial charge in [0.05, 0.1) is 24.2 Å². The number of hydrogen-bond donors (Lipinski definition) is 6. The summed E-state index contributed by atoms with van der Waals surface area (Å²) >= 11 is 0. The van der Waals surface area contributed by atoms with Crippen LogP contribution in [0.15, 0.2) is 36.4 Å². The molecule has 8 atom stereocenters. The monoisotopic (exact) mass is 955 g/mol. The molecular weight excluding hydrogens is 881 g/mol. The molecule has 376 valence electrons. The molecule has 0 radical (unpaired) electrons. The molecule has 4 aliphatic heterocycles. The van der Waals surface area contributed by atoms with E-state index in [1.165, 1.54) is 0 Å². The number of carbonyl (C=O) groups excluding carboxylic acids is 6. The van der Waals surface area contributed by atoms with Crippen LogP contribution < -0.4 is 36.6 Å². The van der Waals surface area contributed by atoms with Gasteiger partial charge in [-0.2, -0.15) is 0 Å². The van der Waals surface area contributed by atoms with Gasteiger partial charge in [-0.1, -0.05) is 24.3 Å². The summed E-state index contributed by atoms with van der Waals surface area (Å²) in [4.78, 5) is 86.6. The first-order valence-corrected chi connectivity index (χ1v) is 25.7. The molecule has 2 aliphatic carbocycles. The minimum Gasteiger partial charge on any atom is -0.457 e. The van der Waals surface area contributed by atoms with Gasteiger partial charge in [-0.3, -0.25) is 28.8 Å². The molecule has 6 N–H and O–H groups in total. The van der Waals surface area contributed by atoms with Gasteiger partial charge in [-0.25, -0.2) is 0 Å². The first-order chi connectivity index (χ1) is 33.5. The maximum atomic E-state index is 14.3. The molecule has 17 heteroatoms. The average Bonchev–Trinajstić information content (AvgIpc) is 4.09. The van der Waals surface area contributed by atoms with Gasteiger partial charge >= 0.3 is 0 Å². The molecule has 4 heterocycles. The molecule has 6 aliphatic rings. The van der Waals surface area contributed by atoms with Crippen molar-refractivity contribution in [1.82, 2.24) is 41.7 Å². The summed E-state index contributed by atoms with van der Waals surface area (Å²) in [6, 6.07) is 7.74. The molecule has 8 rings (SSSR count). The summed E-state index contributed by atoms with van der Waals surface area (Å²) in [6.07, 6.45) is 9.85. The number of nitrogens with one attached hydrogen (secondary N) is 6. The Morgan fingerprint density at radius 1 is 0.565 bits per heavy atom. The molecule has 0 aromatic heterocycles. The minimum absolute atomic E-state index is 0.0807. The zero-order valence-corrected chi connectivity index (χ0v) is 40.9. The summed E-state index contributed by atoms with van der Waals surface area (Å²) in [7, 11) is 3.42. The Morgan fingerprint density at radius 2 is 0.971 bits per heavy atom. The van der Waals surface area contributed by atoms with Crippen molar-refractivity contribution in [3.63, 3.8) is 0 Å². The van der Waals surface area contributed by atoms with E-state index in [2.05, 4.69) is 44.0 Å². The largest absolute Gasteiger partial charge is 0.457 e. The van der Waals surface area contributed by atoms with E-state index in [0.717, 1.165) is 72.3 Å². The lowest BCUT2D eigenvalue weighted by Gasteiger charge is -2.36. The fourth-order valence-electron chi connectivity index (χ4n) is 11.4. The van der Waals surface area contributed by atoms with Crippen molar-refractivity contribution in [2.75, 3.05) is 53.6 Å². The van der Waals surface area contributed by atoms with Crippen LogP contribution in [0, 0.1) is 11.8 Å². The summed E-state index contributed by atoms with van der Waals surface area (Å²) in [6.45, 7) is 6.52. The normalized spacial score (nSPS) is 24.8. The quantitative estimate of drug-likeness (QED) is 0.144. The zero-order valence-electron chi connectivity index (χ0n) is 40.9. The van der Waals surface area contributed by atoms with E-state index < -0.39 is 36.3 Å². The van der Waals surface area contributed by atoms with E-state index in [1.807, 2.05) is 24.3 Å². The number of carbonyl (C=O) groups is 6. The fourth-order valence-corrected chi connectivity index (χ4v) is 11.4. The van der Waals surface area contributed by atoms with Crippen LogP contribution >= 0.6 is 0 Å². The summed E-state index contributed by atoms with van der Waals surface area (Å²) in [5.41, 5.74) is 4.07. The van der Waals surface area contributed by atoms with Gasteiger partial charge in [-0.05, 0) is 153 Å². The van der Waals surface area contributed by atoms with Gasteiger partial charge in [0.1, 0.15) is 35.7 Å². The lowest BCUT2D eigenvalue weighted by atomic mass is 9.86. The smallest absolute Gasteiger partial charge is 0.246 e. The maximum absolute atomic E-state index is 14.3. The maximum Gasteiger partial charge on any atom is 0.246 e. The van der Waals surface area contributed by atoms with Crippen LogP contribution in [0.1, 0.15) is 125 Å². The fraction of sp³-hybridized carbons (Fsp3) is 0.654. The predicted octanol–water partition coefficient (Wildman–Crippen LogP) is 3.49. The van der Waals surface area contributed by atoms with Crippen molar-refractivity contribution < 1.29 is 43.0 Å². The van der Waals surface area contributed by atoms with Gasteiger partial charge in [0.2, 0.25) is 35.4 Å². The molecular formula is C52H74N8O9. The number of hydrogen-bond acceptors (Lipinski definition) is 11.